The molecular weight excluding hydrogens is 348 g/mol. The van der Waals surface area contributed by atoms with Gasteiger partial charge in [-0.15, -0.1) is 12.4 Å². The summed E-state index contributed by atoms with van der Waals surface area (Å²) in [7, 11) is 0. The number of nitrogens with zero attached hydrogens (tertiary/aromatic N) is 2. The van der Waals surface area contributed by atoms with E-state index in [0.29, 0.717) is 18.3 Å². The number of halogens is 1. The van der Waals surface area contributed by atoms with Crippen LogP contribution in [0.5, 0.6) is 5.75 Å². The SMILES string of the molecule is CCN1CCN(CCC(=O)Oc2c(C(C)C)cccc2C(C)C)CC1.Cl. The Morgan fingerprint density at radius 2 is 1.50 bits per heavy atom. The smallest absolute Gasteiger partial charge is 0.312 e. The number of para-hydroxylation sites is 1. The third kappa shape index (κ3) is 6.26. The van der Waals surface area contributed by atoms with Crippen LogP contribution < -0.4 is 4.74 Å². The predicted molar refractivity (Wildman–Crippen MR) is 111 cm³/mol. The van der Waals surface area contributed by atoms with Gasteiger partial charge < -0.3 is 14.5 Å². The first kappa shape index (κ1) is 22.9. The molecule has 0 unspecified atom stereocenters. The number of piperazine rings is 1. The van der Waals surface area contributed by atoms with Crippen molar-refractivity contribution in [2.24, 2.45) is 0 Å². The fraction of sp³-hybridized carbons (Fsp3) is 0.667. The summed E-state index contributed by atoms with van der Waals surface area (Å²) in [5.74, 6) is 1.34. The van der Waals surface area contributed by atoms with E-state index in [2.05, 4.69) is 62.6 Å². The molecule has 2 rings (SSSR count). The van der Waals surface area contributed by atoms with E-state index in [1.165, 1.54) is 0 Å². The van der Waals surface area contributed by atoms with Crippen LogP contribution >= 0.6 is 12.4 Å². The summed E-state index contributed by atoms with van der Waals surface area (Å²) in [4.78, 5) is 17.3. The lowest BCUT2D eigenvalue weighted by molar-refractivity contribution is -0.135. The number of hydrogen-bond donors (Lipinski definition) is 0. The minimum absolute atomic E-state index is 0. The van der Waals surface area contributed by atoms with Crippen molar-refractivity contribution in [1.29, 1.82) is 0 Å². The van der Waals surface area contributed by atoms with E-state index < -0.39 is 0 Å². The molecule has 1 saturated heterocycles. The summed E-state index contributed by atoms with van der Waals surface area (Å²) in [6, 6.07) is 6.21. The van der Waals surface area contributed by atoms with E-state index in [-0.39, 0.29) is 18.4 Å². The van der Waals surface area contributed by atoms with Crippen LogP contribution in [0.1, 0.15) is 64.0 Å². The van der Waals surface area contributed by atoms with Crippen molar-refractivity contribution < 1.29 is 9.53 Å². The van der Waals surface area contributed by atoms with Gasteiger partial charge in [-0.05, 0) is 29.5 Å². The van der Waals surface area contributed by atoms with Crippen molar-refractivity contribution in [2.45, 2.75) is 52.9 Å². The van der Waals surface area contributed by atoms with E-state index in [1.54, 1.807) is 0 Å². The van der Waals surface area contributed by atoms with Gasteiger partial charge in [-0.1, -0.05) is 52.8 Å². The Balaban J connectivity index is 0.00000338. The summed E-state index contributed by atoms with van der Waals surface area (Å²) in [5.41, 5.74) is 2.24. The molecule has 1 fully saturated rings. The number of hydrogen-bond acceptors (Lipinski definition) is 4. The average molecular weight is 383 g/mol. The van der Waals surface area contributed by atoms with Gasteiger partial charge in [0.1, 0.15) is 5.75 Å². The number of likely N-dealkylation sites (N-methyl/N-ethyl adjacent to an activating group) is 1. The van der Waals surface area contributed by atoms with Crippen molar-refractivity contribution in [3.05, 3.63) is 29.3 Å². The quantitative estimate of drug-likeness (QED) is 0.520. The normalized spacial score (nSPS) is 16.0. The molecule has 0 amide bonds. The predicted octanol–water partition coefficient (Wildman–Crippen LogP) is 4.29. The molecule has 1 aromatic carbocycles. The van der Waals surface area contributed by atoms with E-state index >= 15 is 0 Å². The van der Waals surface area contributed by atoms with Crippen LogP contribution in [0.3, 0.4) is 0 Å². The van der Waals surface area contributed by atoms with Crippen LogP contribution in [0.15, 0.2) is 18.2 Å². The molecule has 0 bridgehead atoms. The van der Waals surface area contributed by atoms with Gasteiger partial charge in [0.2, 0.25) is 0 Å². The molecule has 1 aliphatic heterocycles. The Kier molecular flexibility index (Phi) is 9.62. The van der Waals surface area contributed by atoms with Crippen molar-refractivity contribution in [1.82, 2.24) is 9.80 Å². The lowest BCUT2D eigenvalue weighted by Crippen LogP contribution is -2.46. The second kappa shape index (κ2) is 10.9. The highest BCUT2D eigenvalue weighted by molar-refractivity contribution is 5.85. The zero-order valence-corrected chi connectivity index (χ0v) is 17.8. The highest BCUT2D eigenvalue weighted by Crippen LogP contribution is 2.34. The Labute approximate surface area is 165 Å². The van der Waals surface area contributed by atoms with Gasteiger partial charge in [0, 0.05) is 32.7 Å². The first-order valence-electron chi connectivity index (χ1n) is 9.70. The van der Waals surface area contributed by atoms with Crippen LogP contribution in [0.25, 0.3) is 0 Å². The maximum Gasteiger partial charge on any atom is 0.312 e. The first-order valence-corrected chi connectivity index (χ1v) is 9.70. The molecule has 0 atom stereocenters. The summed E-state index contributed by atoms with van der Waals surface area (Å²) in [5, 5.41) is 0. The lowest BCUT2D eigenvalue weighted by Gasteiger charge is -2.33. The monoisotopic (exact) mass is 382 g/mol. The standard InChI is InChI=1S/C21H34N2O2.ClH/c1-6-22-12-14-23(15-13-22)11-10-20(24)25-21-18(16(2)3)8-7-9-19(21)17(4)5;/h7-9,16-17H,6,10-15H2,1-5H3;1H. The second-order valence-electron chi connectivity index (χ2n) is 7.57. The average Bonchev–Trinajstić information content (AvgIpc) is 2.60. The van der Waals surface area contributed by atoms with Gasteiger partial charge in [-0.25, -0.2) is 0 Å². The minimum atomic E-state index is -0.118. The molecule has 0 aliphatic carbocycles. The summed E-state index contributed by atoms with van der Waals surface area (Å²) in [6.07, 6.45) is 0.454. The van der Waals surface area contributed by atoms with Crippen molar-refractivity contribution in [3.8, 4) is 5.75 Å². The van der Waals surface area contributed by atoms with Crippen LogP contribution in [-0.4, -0.2) is 55.0 Å². The van der Waals surface area contributed by atoms with Gasteiger partial charge in [-0.3, -0.25) is 4.79 Å². The largest absolute Gasteiger partial charge is 0.426 e. The summed E-state index contributed by atoms with van der Waals surface area (Å²) in [6.45, 7) is 16.9. The fourth-order valence-corrected chi connectivity index (χ4v) is 3.34. The molecule has 5 heteroatoms. The molecule has 4 nitrogen and oxygen atoms in total. The Morgan fingerprint density at radius 1 is 1.00 bits per heavy atom. The van der Waals surface area contributed by atoms with Gasteiger partial charge in [0.25, 0.3) is 0 Å². The van der Waals surface area contributed by atoms with Gasteiger partial charge in [-0.2, -0.15) is 0 Å². The molecule has 26 heavy (non-hydrogen) atoms. The molecule has 148 valence electrons. The molecule has 1 aromatic rings. The Bertz CT molecular complexity index is 541. The Morgan fingerprint density at radius 3 is 1.96 bits per heavy atom. The van der Waals surface area contributed by atoms with Crippen LogP contribution in [0.4, 0.5) is 0 Å². The van der Waals surface area contributed by atoms with Crippen LogP contribution in [0, 0.1) is 0 Å². The van der Waals surface area contributed by atoms with Crippen LogP contribution in [0.2, 0.25) is 0 Å². The molecule has 1 heterocycles. The zero-order valence-electron chi connectivity index (χ0n) is 17.0. The van der Waals surface area contributed by atoms with Gasteiger partial charge in [0.15, 0.2) is 0 Å². The van der Waals surface area contributed by atoms with E-state index in [0.717, 1.165) is 56.1 Å². The van der Waals surface area contributed by atoms with E-state index in [1.807, 2.05) is 0 Å². The van der Waals surface area contributed by atoms with Crippen LogP contribution in [-0.2, 0) is 4.79 Å². The van der Waals surface area contributed by atoms with Crippen molar-refractivity contribution >= 4 is 18.4 Å². The van der Waals surface area contributed by atoms with Crippen molar-refractivity contribution in [3.63, 3.8) is 0 Å². The van der Waals surface area contributed by atoms with E-state index in [4.69, 9.17) is 4.74 Å². The molecule has 0 aromatic heterocycles. The molecule has 0 spiro atoms. The third-order valence-electron chi connectivity index (χ3n) is 5.08. The highest BCUT2D eigenvalue weighted by Gasteiger charge is 2.20. The topological polar surface area (TPSA) is 32.8 Å². The molecule has 0 N–H and O–H groups in total. The Hall–Kier alpha value is -1.10. The highest BCUT2D eigenvalue weighted by atomic mass is 35.5. The van der Waals surface area contributed by atoms with Crippen molar-refractivity contribution in [2.75, 3.05) is 39.3 Å². The second-order valence-corrected chi connectivity index (χ2v) is 7.57. The van der Waals surface area contributed by atoms with Gasteiger partial charge in [0.05, 0.1) is 6.42 Å². The lowest BCUT2D eigenvalue weighted by atomic mass is 9.94. The number of carbonyl (C=O) groups excluding carboxylic acids is 1. The third-order valence-corrected chi connectivity index (χ3v) is 5.08. The maximum absolute atomic E-state index is 12.5. The maximum atomic E-state index is 12.5. The minimum Gasteiger partial charge on any atom is -0.426 e. The fourth-order valence-electron chi connectivity index (χ4n) is 3.34. The number of benzene rings is 1. The number of carbonyl (C=O) groups is 1. The molecular formula is C21H35ClN2O2. The number of esters is 1. The molecule has 0 saturated carbocycles. The first-order chi connectivity index (χ1) is 11.9. The number of ether oxygens (including phenoxy) is 1. The van der Waals surface area contributed by atoms with E-state index in [9.17, 15) is 4.79 Å². The number of rotatable bonds is 7. The van der Waals surface area contributed by atoms with Gasteiger partial charge >= 0.3 is 5.97 Å². The summed E-state index contributed by atoms with van der Waals surface area (Å²) >= 11 is 0. The summed E-state index contributed by atoms with van der Waals surface area (Å²) < 4.78 is 5.86. The zero-order chi connectivity index (χ0) is 18.4. The molecule has 1 aliphatic rings. The molecule has 0 radical (unpaired) electrons.